The Hall–Kier alpha value is -1.96. The maximum absolute atomic E-state index is 12.4. The van der Waals surface area contributed by atoms with E-state index in [0.29, 0.717) is 23.3 Å². The van der Waals surface area contributed by atoms with Crippen molar-refractivity contribution in [3.05, 3.63) is 42.0 Å². The molecule has 0 aliphatic carbocycles. The highest BCUT2D eigenvalue weighted by Gasteiger charge is 2.21. The van der Waals surface area contributed by atoms with Gasteiger partial charge < -0.3 is 20.3 Å². The summed E-state index contributed by atoms with van der Waals surface area (Å²) in [6.07, 6.45) is 2.12. The standard InChI is InChI=1S/C20H25N3O2S2/c1-3-25-19(24)16-13-17(14-7-5-4-6-8-14)27-18(16)22-20(26)21-15-9-11-23(2)12-10-15/h4-8,13,15H,3,9-12H2,1-2H3,(H2,21,22,26). The summed E-state index contributed by atoms with van der Waals surface area (Å²) >= 11 is 7.01. The van der Waals surface area contributed by atoms with Crippen molar-refractivity contribution in [1.82, 2.24) is 10.2 Å². The highest BCUT2D eigenvalue weighted by Crippen LogP contribution is 2.36. The Morgan fingerprint density at radius 2 is 2.00 bits per heavy atom. The van der Waals surface area contributed by atoms with Gasteiger partial charge in [-0.05, 0) is 63.8 Å². The molecule has 1 aliphatic heterocycles. The van der Waals surface area contributed by atoms with Crippen molar-refractivity contribution in [3.63, 3.8) is 0 Å². The molecule has 2 aromatic rings. The lowest BCUT2D eigenvalue weighted by Crippen LogP contribution is -2.44. The monoisotopic (exact) mass is 403 g/mol. The predicted molar refractivity (Wildman–Crippen MR) is 116 cm³/mol. The van der Waals surface area contributed by atoms with Crippen molar-refractivity contribution >= 4 is 39.6 Å². The van der Waals surface area contributed by atoms with Gasteiger partial charge in [-0.15, -0.1) is 11.3 Å². The number of piperidine rings is 1. The first kappa shape index (κ1) is 19.8. The van der Waals surface area contributed by atoms with Gasteiger partial charge in [0, 0.05) is 10.9 Å². The van der Waals surface area contributed by atoms with Crippen molar-refractivity contribution in [3.8, 4) is 10.4 Å². The van der Waals surface area contributed by atoms with Crippen LogP contribution in [0.4, 0.5) is 5.00 Å². The summed E-state index contributed by atoms with van der Waals surface area (Å²) in [6, 6.07) is 12.2. The Morgan fingerprint density at radius 1 is 1.30 bits per heavy atom. The SMILES string of the molecule is CCOC(=O)c1cc(-c2ccccc2)sc1NC(=S)NC1CCN(C)CC1. The first-order valence-electron chi connectivity index (χ1n) is 9.19. The zero-order chi connectivity index (χ0) is 19.2. The van der Waals surface area contributed by atoms with Gasteiger partial charge in [-0.3, -0.25) is 0 Å². The highest BCUT2D eigenvalue weighted by molar-refractivity contribution is 7.80. The second-order valence-electron chi connectivity index (χ2n) is 6.62. The van der Waals surface area contributed by atoms with Crippen LogP contribution in [0, 0.1) is 0 Å². The predicted octanol–water partition coefficient (Wildman–Crippen LogP) is 3.97. The molecule has 144 valence electrons. The van der Waals surface area contributed by atoms with Crippen LogP contribution in [0.25, 0.3) is 10.4 Å². The van der Waals surface area contributed by atoms with Gasteiger partial charge in [-0.2, -0.15) is 0 Å². The molecule has 7 heteroatoms. The fourth-order valence-electron chi connectivity index (χ4n) is 3.07. The first-order valence-corrected chi connectivity index (χ1v) is 10.4. The summed E-state index contributed by atoms with van der Waals surface area (Å²) in [4.78, 5) is 15.7. The topological polar surface area (TPSA) is 53.6 Å². The summed E-state index contributed by atoms with van der Waals surface area (Å²) in [6.45, 7) is 4.27. The van der Waals surface area contributed by atoms with Gasteiger partial charge in [0.05, 0.1) is 12.2 Å². The van der Waals surface area contributed by atoms with Gasteiger partial charge in [-0.25, -0.2) is 4.79 Å². The Balaban J connectivity index is 1.75. The van der Waals surface area contributed by atoms with Gasteiger partial charge in [0.15, 0.2) is 5.11 Å². The van der Waals surface area contributed by atoms with Crippen LogP contribution in [0.5, 0.6) is 0 Å². The van der Waals surface area contributed by atoms with Crippen LogP contribution < -0.4 is 10.6 Å². The summed E-state index contributed by atoms with van der Waals surface area (Å²) < 4.78 is 5.22. The Kier molecular flexibility index (Phi) is 6.82. The zero-order valence-electron chi connectivity index (χ0n) is 15.7. The van der Waals surface area contributed by atoms with E-state index in [-0.39, 0.29) is 5.97 Å². The molecule has 1 aromatic carbocycles. The van der Waals surface area contributed by atoms with E-state index in [0.717, 1.165) is 41.4 Å². The lowest BCUT2D eigenvalue weighted by atomic mass is 10.1. The molecule has 0 radical (unpaired) electrons. The number of anilines is 1. The molecule has 0 atom stereocenters. The Labute approximate surface area is 169 Å². The molecule has 0 spiro atoms. The molecule has 0 bridgehead atoms. The van der Waals surface area contributed by atoms with E-state index in [1.165, 1.54) is 11.3 Å². The number of hydrogen-bond acceptors (Lipinski definition) is 5. The third kappa shape index (κ3) is 5.28. The number of benzene rings is 1. The minimum Gasteiger partial charge on any atom is -0.462 e. The lowest BCUT2D eigenvalue weighted by Gasteiger charge is -2.30. The van der Waals surface area contributed by atoms with Gasteiger partial charge >= 0.3 is 5.97 Å². The molecule has 5 nitrogen and oxygen atoms in total. The molecule has 1 saturated heterocycles. The van der Waals surface area contributed by atoms with Gasteiger partial charge in [0.2, 0.25) is 0 Å². The molecule has 2 heterocycles. The zero-order valence-corrected chi connectivity index (χ0v) is 17.3. The van der Waals surface area contributed by atoms with Crippen LogP contribution >= 0.6 is 23.6 Å². The number of nitrogens with one attached hydrogen (secondary N) is 2. The van der Waals surface area contributed by atoms with Crippen molar-refractivity contribution in [2.75, 3.05) is 32.1 Å². The number of thiophene rings is 1. The number of carbonyl (C=O) groups is 1. The summed E-state index contributed by atoms with van der Waals surface area (Å²) in [7, 11) is 2.13. The second kappa shape index (κ2) is 9.30. The third-order valence-corrected chi connectivity index (χ3v) is 5.89. The van der Waals surface area contributed by atoms with E-state index in [1.807, 2.05) is 43.3 Å². The molecule has 0 unspecified atom stereocenters. The molecule has 0 saturated carbocycles. The fraction of sp³-hybridized carbons (Fsp3) is 0.400. The van der Waals surface area contributed by atoms with Crippen molar-refractivity contribution in [2.24, 2.45) is 0 Å². The fourth-order valence-corrected chi connectivity index (χ4v) is 4.46. The van der Waals surface area contributed by atoms with E-state index >= 15 is 0 Å². The summed E-state index contributed by atoms with van der Waals surface area (Å²) in [5.41, 5.74) is 1.59. The first-order chi connectivity index (χ1) is 13.1. The van der Waals surface area contributed by atoms with Gasteiger partial charge in [0.25, 0.3) is 0 Å². The van der Waals surface area contributed by atoms with E-state index in [9.17, 15) is 4.79 Å². The Morgan fingerprint density at radius 3 is 2.67 bits per heavy atom. The summed E-state index contributed by atoms with van der Waals surface area (Å²) in [5, 5.41) is 7.88. The van der Waals surface area contributed by atoms with Crippen molar-refractivity contribution in [1.29, 1.82) is 0 Å². The van der Waals surface area contributed by atoms with E-state index in [1.54, 1.807) is 0 Å². The minimum absolute atomic E-state index is 0.333. The van der Waals surface area contributed by atoms with E-state index < -0.39 is 0 Å². The van der Waals surface area contributed by atoms with Gasteiger partial charge in [-0.1, -0.05) is 30.3 Å². The molecule has 0 amide bonds. The molecule has 2 N–H and O–H groups in total. The highest BCUT2D eigenvalue weighted by atomic mass is 32.1. The van der Waals surface area contributed by atoms with Crippen molar-refractivity contribution in [2.45, 2.75) is 25.8 Å². The molecule has 3 rings (SSSR count). The molecule has 1 aromatic heterocycles. The summed E-state index contributed by atoms with van der Waals surface area (Å²) in [5.74, 6) is -0.333. The number of esters is 1. The minimum atomic E-state index is -0.333. The molecule has 27 heavy (non-hydrogen) atoms. The second-order valence-corrected chi connectivity index (χ2v) is 8.08. The average Bonchev–Trinajstić information content (AvgIpc) is 3.08. The van der Waals surface area contributed by atoms with Crippen molar-refractivity contribution < 1.29 is 9.53 Å². The molecular formula is C20H25N3O2S2. The third-order valence-electron chi connectivity index (χ3n) is 4.57. The largest absolute Gasteiger partial charge is 0.462 e. The molecule has 1 fully saturated rings. The number of carbonyl (C=O) groups excluding carboxylic acids is 1. The number of hydrogen-bond donors (Lipinski definition) is 2. The van der Waals surface area contributed by atoms with Crippen LogP contribution in [0.2, 0.25) is 0 Å². The number of thiocarbonyl (C=S) groups is 1. The number of likely N-dealkylation sites (tertiary alicyclic amines) is 1. The van der Waals surface area contributed by atoms with E-state index in [2.05, 4.69) is 22.6 Å². The molecule has 1 aliphatic rings. The maximum atomic E-state index is 12.4. The van der Waals surface area contributed by atoms with Crippen LogP contribution in [0.15, 0.2) is 36.4 Å². The van der Waals surface area contributed by atoms with Crippen LogP contribution in [0.3, 0.4) is 0 Å². The maximum Gasteiger partial charge on any atom is 0.341 e. The smallest absolute Gasteiger partial charge is 0.341 e. The normalized spacial score (nSPS) is 15.3. The number of nitrogens with zero attached hydrogens (tertiary/aromatic N) is 1. The molecular weight excluding hydrogens is 378 g/mol. The van der Waals surface area contributed by atoms with Crippen LogP contribution in [0.1, 0.15) is 30.1 Å². The number of ether oxygens (including phenoxy) is 1. The Bertz CT molecular complexity index is 784. The van der Waals surface area contributed by atoms with E-state index in [4.69, 9.17) is 17.0 Å². The number of rotatable bonds is 5. The lowest BCUT2D eigenvalue weighted by molar-refractivity contribution is 0.0528. The quantitative estimate of drug-likeness (QED) is 0.582. The average molecular weight is 404 g/mol. The van der Waals surface area contributed by atoms with Crippen LogP contribution in [-0.4, -0.2) is 48.8 Å². The van der Waals surface area contributed by atoms with Crippen LogP contribution in [-0.2, 0) is 4.74 Å². The van der Waals surface area contributed by atoms with Gasteiger partial charge in [0.1, 0.15) is 5.00 Å².